The molecule has 70 heavy (non-hydrogen) atoms. The van der Waals surface area contributed by atoms with E-state index in [0.29, 0.717) is 77.3 Å². The second-order valence-corrected chi connectivity index (χ2v) is 24.3. The highest BCUT2D eigenvalue weighted by molar-refractivity contribution is 5.82. The molecule has 9 rings (SSSR count). The lowest BCUT2D eigenvalue weighted by Gasteiger charge is -2.74. The molecule has 6 aliphatic carbocycles. The van der Waals surface area contributed by atoms with Gasteiger partial charge in [0.15, 0.2) is 6.29 Å². The number of allylic oxidation sites excluding steroid dienone is 2. The summed E-state index contributed by atoms with van der Waals surface area (Å²) in [7, 11) is 1.87. The zero-order valence-electron chi connectivity index (χ0n) is 41.7. The number of hydrogen-bond donors (Lipinski definition) is 12. The number of carboxylic acids is 1. The van der Waals surface area contributed by atoms with Crippen molar-refractivity contribution < 1.29 is 59.9 Å². The quantitative estimate of drug-likeness (QED) is 0.0717. The number of nitrogens with two attached hydrogens (primary N) is 1. The number of carbonyl (C=O) groups is 2. The van der Waals surface area contributed by atoms with Crippen molar-refractivity contribution in [3.8, 4) is 11.8 Å². The zero-order valence-corrected chi connectivity index (χ0v) is 41.7. The van der Waals surface area contributed by atoms with E-state index in [9.17, 15) is 50.4 Å². The van der Waals surface area contributed by atoms with E-state index >= 15 is 0 Å². The van der Waals surface area contributed by atoms with Gasteiger partial charge >= 0.3 is 5.97 Å². The largest absolute Gasteiger partial charge is 0.481 e. The first-order chi connectivity index (χ1) is 33.3. The fraction of sp³-hybridized carbons (Fsp3) is 0.830. The standard InChI is InChI=1S/C53H81N5O12/c1-48(25-60)14-15-52(47(67)68)16-17-53-12-7-6-8-29(38-31(23-59)45(66)58-40(38)30(34-22-56-27-57-34)18-28(20-54)21-55-5)39-42(64)44(70-46-43(65)41(63)35(62)24-69-46)49(2,26-61)36-11-13-50(53,3)37(51(36,39)4)10-9-32(53)33(52)19-48/h9,22,27-31,33,35-44,46,55,59-65H,7,10-21,23-26,54H2,1-5H3,(H,56,57)(H,58,66)(H,67,68)/t28-,29+,30-,31+,33-,35+,36+,37-,38+,39-,40-,41-,42+,43+,44+,46-,48-,49-,50+,51-,52-,53+/m0/s1. The second kappa shape index (κ2) is 19.1. The summed E-state index contributed by atoms with van der Waals surface area (Å²) >= 11 is 0. The van der Waals surface area contributed by atoms with Crippen LogP contribution in [0.25, 0.3) is 0 Å². The second-order valence-electron chi connectivity index (χ2n) is 24.3. The van der Waals surface area contributed by atoms with Crippen molar-refractivity contribution >= 4 is 11.9 Å². The van der Waals surface area contributed by atoms with Crippen molar-refractivity contribution in [3.05, 3.63) is 29.9 Å². The molecule has 0 aromatic carbocycles. The van der Waals surface area contributed by atoms with E-state index < -0.39 is 118 Å². The maximum absolute atomic E-state index is 14.5. The van der Waals surface area contributed by atoms with Crippen LogP contribution in [0.1, 0.15) is 110 Å². The van der Waals surface area contributed by atoms with Crippen LogP contribution in [0.3, 0.4) is 0 Å². The van der Waals surface area contributed by atoms with E-state index in [1.807, 2.05) is 14.0 Å². The molecular formula is C53H81N5O12. The van der Waals surface area contributed by atoms with Crippen LogP contribution in [0.15, 0.2) is 24.2 Å². The summed E-state index contributed by atoms with van der Waals surface area (Å²) in [6, 6.07) is -0.605. The van der Waals surface area contributed by atoms with Crippen molar-refractivity contribution in [3.63, 3.8) is 0 Å². The lowest BCUT2D eigenvalue weighted by atomic mass is 9.30. The number of aliphatic hydroxyl groups is 7. The number of aromatic amines is 1. The topological polar surface area (TPSA) is 293 Å². The van der Waals surface area contributed by atoms with Crippen LogP contribution < -0.4 is 16.4 Å². The smallest absolute Gasteiger partial charge is 0.310 e. The van der Waals surface area contributed by atoms with E-state index in [2.05, 4.69) is 59.3 Å². The van der Waals surface area contributed by atoms with Crippen molar-refractivity contribution in [2.45, 2.75) is 147 Å². The van der Waals surface area contributed by atoms with Gasteiger partial charge < -0.3 is 71.7 Å². The first-order valence-electron chi connectivity index (χ1n) is 26.2. The lowest BCUT2D eigenvalue weighted by Crippen LogP contribution is -2.74. The van der Waals surface area contributed by atoms with Crippen LogP contribution in [0.2, 0.25) is 0 Å². The van der Waals surface area contributed by atoms with Crippen molar-refractivity contribution in [1.29, 1.82) is 0 Å². The molecule has 390 valence electrons. The molecule has 2 saturated heterocycles. The minimum atomic E-state index is -1.68. The summed E-state index contributed by atoms with van der Waals surface area (Å²) in [6.07, 6.45) is 3.31. The number of nitrogens with zero attached hydrogens (tertiary/aromatic N) is 1. The Morgan fingerprint density at radius 2 is 1.77 bits per heavy atom. The SMILES string of the molecule is CNC[C@H](CN)C[C@@H](c1cnc[nH]1)[C@@H]1NC(=O)[C@H](CO)[C@H]1[C@H]1C#CCC[C@@]23CC[C@@]4(C(=O)O)CC[C@](C)(CO)C[C@H]4C2=CC[C@@H]2[C@@]4(C)[C@@H]1[C@@H](O)[C@@H](O[C@@H]1OC[C@@H](O)[C@H](O)[C@H]1O)[C@@](C)(CO)[C@H]4CC[C@]23C. The Labute approximate surface area is 412 Å². The number of fused-ring (bicyclic) bond motifs is 2. The highest BCUT2D eigenvalue weighted by Gasteiger charge is 2.75. The fourth-order valence-electron chi connectivity index (χ4n) is 17.6. The number of carbonyl (C=O) groups excluding carboxylic acids is 1. The van der Waals surface area contributed by atoms with Crippen molar-refractivity contribution in [2.75, 3.05) is 46.6 Å². The molecule has 8 aliphatic rings. The number of rotatable bonds is 14. The third-order valence-corrected chi connectivity index (χ3v) is 21.3. The molecule has 17 nitrogen and oxygen atoms in total. The average Bonchev–Trinajstić information content (AvgIpc) is 3.99. The Morgan fingerprint density at radius 3 is 2.43 bits per heavy atom. The summed E-state index contributed by atoms with van der Waals surface area (Å²) < 4.78 is 12.6. The van der Waals surface area contributed by atoms with E-state index in [1.165, 1.54) is 5.57 Å². The van der Waals surface area contributed by atoms with E-state index in [-0.39, 0.29) is 48.7 Å². The number of imidazole rings is 1. The molecule has 6 fully saturated rings. The molecule has 1 aromatic heterocycles. The highest BCUT2D eigenvalue weighted by Crippen LogP contribution is 2.78. The first-order valence-corrected chi connectivity index (χ1v) is 26.2. The van der Waals surface area contributed by atoms with Gasteiger partial charge in [0.1, 0.15) is 18.3 Å². The maximum Gasteiger partial charge on any atom is 0.310 e. The normalized spacial score (nSPS) is 48.4. The summed E-state index contributed by atoms with van der Waals surface area (Å²) in [5, 5.41) is 98.2. The summed E-state index contributed by atoms with van der Waals surface area (Å²) in [4.78, 5) is 35.8. The maximum atomic E-state index is 14.5. The van der Waals surface area contributed by atoms with E-state index in [4.69, 9.17) is 15.2 Å². The Hall–Kier alpha value is -2.99. The van der Waals surface area contributed by atoms with Crippen LogP contribution in [0, 0.1) is 91.7 Å². The van der Waals surface area contributed by atoms with Gasteiger partial charge in [-0.1, -0.05) is 45.3 Å². The van der Waals surface area contributed by atoms with Gasteiger partial charge in [0.2, 0.25) is 5.91 Å². The number of nitrogens with one attached hydrogen (secondary N) is 3. The minimum Gasteiger partial charge on any atom is -0.481 e. The van der Waals surface area contributed by atoms with Gasteiger partial charge in [-0.05, 0) is 130 Å². The van der Waals surface area contributed by atoms with Gasteiger partial charge in [-0.15, -0.1) is 5.92 Å². The number of ether oxygens (including phenoxy) is 2. The Morgan fingerprint density at radius 1 is 1.01 bits per heavy atom. The van der Waals surface area contributed by atoms with Crippen LogP contribution in [-0.4, -0.2) is 152 Å². The van der Waals surface area contributed by atoms with E-state index in [0.717, 1.165) is 12.1 Å². The number of carboxylic acid groups (broad SMARTS) is 1. The molecule has 17 heteroatoms. The molecule has 2 aliphatic heterocycles. The third kappa shape index (κ3) is 7.62. The van der Waals surface area contributed by atoms with E-state index in [1.54, 1.807) is 12.5 Å². The van der Waals surface area contributed by atoms with Crippen LogP contribution in [-0.2, 0) is 19.1 Å². The Kier molecular flexibility index (Phi) is 14.1. The lowest BCUT2D eigenvalue weighted by molar-refractivity contribution is -0.343. The molecule has 22 atom stereocenters. The molecule has 1 aromatic rings. The van der Waals surface area contributed by atoms with Gasteiger partial charge in [-0.2, -0.15) is 0 Å². The number of amides is 1. The number of H-pyrrole nitrogens is 1. The van der Waals surface area contributed by atoms with Gasteiger partial charge in [0, 0.05) is 60.0 Å². The Balaban J connectivity index is 1.25. The van der Waals surface area contributed by atoms with Crippen molar-refractivity contribution in [2.24, 2.45) is 85.6 Å². The summed E-state index contributed by atoms with van der Waals surface area (Å²) in [6.45, 7) is 8.33. The summed E-state index contributed by atoms with van der Waals surface area (Å²) in [5.41, 5.74) is 3.98. The highest BCUT2D eigenvalue weighted by atomic mass is 16.7. The van der Waals surface area contributed by atoms with Crippen molar-refractivity contribution in [1.82, 2.24) is 20.6 Å². The molecule has 4 bridgehead atoms. The molecule has 13 N–H and O–H groups in total. The Bertz CT molecular complexity index is 2190. The predicted molar refractivity (Wildman–Crippen MR) is 256 cm³/mol. The number of aromatic nitrogens is 2. The number of aliphatic hydroxyl groups excluding tert-OH is 7. The molecule has 4 saturated carbocycles. The number of hydrogen-bond acceptors (Lipinski definition) is 14. The van der Waals surface area contributed by atoms with Gasteiger partial charge in [-0.3, -0.25) is 9.59 Å². The predicted octanol–water partition coefficient (Wildman–Crippen LogP) is 1.65. The van der Waals surface area contributed by atoms with Crippen LogP contribution in [0.5, 0.6) is 0 Å². The molecule has 1 amide bonds. The van der Waals surface area contributed by atoms with Crippen LogP contribution in [0.4, 0.5) is 0 Å². The molecule has 1 spiro atoms. The van der Waals surface area contributed by atoms with Gasteiger partial charge in [0.25, 0.3) is 0 Å². The number of aliphatic carboxylic acids is 1. The van der Waals surface area contributed by atoms with Gasteiger partial charge in [0.05, 0.1) is 49.7 Å². The molecular weight excluding hydrogens is 899 g/mol. The monoisotopic (exact) mass is 980 g/mol. The summed E-state index contributed by atoms with van der Waals surface area (Å²) in [5.74, 6) is 1.96. The van der Waals surface area contributed by atoms with Crippen LogP contribution >= 0.6 is 0 Å². The average molecular weight is 980 g/mol. The van der Waals surface area contributed by atoms with Gasteiger partial charge in [-0.25, -0.2) is 4.98 Å². The first kappa shape index (κ1) is 51.9. The third-order valence-electron chi connectivity index (χ3n) is 21.3. The molecule has 0 unspecified atom stereocenters. The molecule has 0 radical (unpaired) electrons. The fourth-order valence-corrected chi connectivity index (χ4v) is 17.6. The zero-order chi connectivity index (χ0) is 50.3. The molecule has 3 heterocycles. The minimum absolute atomic E-state index is 0.00612.